The highest BCUT2D eigenvalue weighted by molar-refractivity contribution is 8.10. The van der Waals surface area contributed by atoms with Crippen LogP contribution in [0.5, 0.6) is 11.5 Å². The van der Waals surface area contributed by atoms with Crippen LogP contribution < -0.4 is 0 Å². The molecule has 0 aliphatic heterocycles. The van der Waals surface area contributed by atoms with Crippen LogP contribution in [0.4, 0.5) is 0 Å². The molecule has 2 aromatic heterocycles. The summed E-state index contributed by atoms with van der Waals surface area (Å²) in [6.45, 7) is 5.87. The lowest BCUT2D eigenvalue weighted by molar-refractivity contribution is 0.179. The van der Waals surface area contributed by atoms with Crippen molar-refractivity contribution in [3.8, 4) is 11.5 Å². The molecule has 0 amide bonds. The molecule has 2 heterocycles. The molecule has 6 nitrogen and oxygen atoms in total. The molecule has 2 N–H and O–H groups in total. The third-order valence-corrected chi connectivity index (χ3v) is 5.73. The Hall–Kier alpha value is -1.48. The first-order chi connectivity index (χ1) is 12.2. The second-order valence-corrected chi connectivity index (χ2v) is 8.73. The number of aromatic nitrogens is 2. The van der Waals surface area contributed by atoms with Crippen molar-refractivity contribution in [3.05, 3.63) is 40.5 Å². The van der Waals surface area contributed by atoms with Crippen molar-refractivity contribution in [1.82, 2.24) is 9.97 Å². The Bertz CT molecular complexity index is 797. The zero-order valence-electron chi connectivity index (χ0n) is 15.5. The number of hydrogen-bond donors (Lipinski definition) is 3. The number of methoxy groups -OCH3 is 2. The van der Waals surface area contributed by atoms with Crippen LogP contribution in [0.3, 0.4) is 0 Å². The summed E-state index contributed by atoms with van der Waals surface area (Å²) < 4.78 is 9.71. The molecule has 0 saturated carbocycles. The quantitative estimate of drug-likeness (QED) is 0.374. The van der Waals surface area contributed by atoms with E-state index in [1.807, 2.05) is 6.92 Å². The number of thiol groups is 1. The molecular formula is C18H24N2O4S2. The van der Waals surface area contributed by atoms with E-state index in [9.17, 15) is 10.2 Å². The van der Waals surface area contributed by atoms with Crippen molar-refractivity contribution in [2.75, 3.05) is 14.2 Å². The van der Waals surface area contributed by atoms with Crippen molar-refractivity contribution in [2.45, 2.75) is 43.0 Å². The van der Waals surface area contributed by atoms with Gasteiger partial charge >= 0.3 is 0 Å². The molecule has 0 fully saturated rings. The second-order valence-electron chi connectivity index (χ2n) is 6.07. The molecule has 142 valence electrons. The molecule has 0 spiro atoms. The van der Waals surface area contributed by atoms with Gasteiger partial charge < -0.3 is 19.7 Å². The number of rotatable bonds is 7. The predicted molar refractivity (Wildman–Crippen MR) is 105 cm³/mol. The van der Waals surface area contributed by atoms with E-state index in [4.69, 9.17) is 22.1 Å². The van der Waals surface area contributed by atoms with Crippen molar-refractivity contribution in [2.24, 2.45) is 0 Å². The standard InChI is InChI=1S/C18H24N2O4S2/c1-10-16(21)12(8-23-4)14(6-19-10)18(3,25)26-15-7-20-11(2)17(22)13(15)9-24-5/h6-7,21-22,25H,8-9H2,1-5H3/t18-/m0/s1. The number of nitrogens with zero attached hydrogens (tertiary/aromatic N) is 2. The highest BCUT2D eigenvalue weighted by Gasteiger charge is 2.30. The highest BCUT2D eigenvalue weighted by Crippen LogP contribution is 2.49. The van der Waals surface area contributed by atoms with E-state index in [0.29, 0.717) is 22.5 Å². The van der Waals surface area contributed by atoms with E-state index in [-0.39, 0.29) is 24.7 Å². The maximum atomic E-state index is 10.4. The van der Waals surface area contributed by atoms with Gasteiger partial charge in [0.05, 0.1) is 28.7 Å². The Kier molecular flexibility index (Phi) is 6.79. The number of aromatic hydroxyl groups is 2. The van der Waals surface area contributed by atoms with Gasteiger partial charge in [0.1, 0.15) is 11.5 Å². The lowest BCUT2D eigenvalue weighted by atomic mass is 10.1. The van der Waals surface area contributed by atoms with Gasteiger partial charge in [-0.1, -0.05) is 0 Å². The first-order valence-corrected chi connectivity index (χ1v) is 9.23. The zero-order valence-corrected chi connectivity index (χ0v) is 17.2. The summed E-state index contributed by atoms with van der Waals surface area (Å²) in [7, 11) is 3.14. The van der Waals surface area contributed by atoms with Crippen molar-refractivity contribution in [3.63, 3.8) is 0 Å². The van der Waals surface area contributed by atoms with Gasteiger partial charge in [-0.05, 0) is 20.8 Å². The largest absolute Gasteiger partial charge is 0.506 e. The van der Waals surface area contributed by atoms with Gasteiger partial charge in [-0.25, -0.2) is 0 Å². The van der Waals surface area contributed by atoms with Crippen molar-refractivity contribution >= 4 is 24.4 Å². The molecule has 0 unspecified atom stereocenters. The van der Waals surface area contributed by atoms with Gasteiger partial charge in [-0.15, -0.1) is 11.8 Å². The number of pyridine rings is 2. The maximum Gasteiger partial charge on any atom is 0.143 e. The molecule has 8 heteroatoms. The van der Waals surface area contributed by atoms with Crippen LogP contribution in [-0.4, -0.2) is 34.4 Å². The number of thioether (sulfide) groups is 1. The average Bonchev–Trinajstić information content (AvgIpc) is 2.58. The lowest BCUT2D eigenvalue weighted by Gasteiger charge is -2.27. The summed E-state index contributed by atoms with van der Waals surface area (Å²) in [5, 5.41) is 20.7. The molecule has 0 aromatic carbocycles. The average molecular weight is 397 g/mol. The summed E-state index contributed by atoms with van der Waals surface area (Å²) in [6.07, 6.45) is 3.39. The SMILES string of the molecule is COCc1c(S[C@](C)(S)c2cnc(C)c(O)c2COC)cnc(C)c1O. The Labute approximate surface area is 163 Å². The van der Waals surface area contributed by atoms with Gasteiger partial charge in [0, 0.05) is 48.2 Å². The molecule has 2 aromatic rings. The molecule has 0 aliphatic rings. The highest BCUT2D eigenvalue weighted by atomic mass is 32.2. The maximum absolute atomic E-state index is 10.4. The molecule has 0 radical (unpaired) electrons. The van der Waals surface area contributed by atoms with Gasteiger partial charge in [0.2, 0.25) is 0 Å². The Morgan fingerprint density at radius 3 is 2.08 bits per heavy atom. The predicted octanol–water partition coefficient (Wildman–Crippen LogP) is 3.69. The summed E-state index contributed by atoms with van der Waals surface area (Å²) in [5.74, 6) is 0.218. The Balaban J connectivity index is 2.50. The van der Waals surface area contributed by atoms with E-state index in [1.165, 1.54) is 11.8 Å². The van der Waals surface area contributed by atoms with Crippen molar-refractivity contribution < 1.29 is 19.7 Å². The third kappa shape index (κ3) is 4.25. The molecule has 1 atom stereocenters. The fourth-order valence-electron chi connectivity index (χ4n) is 2.61. The fourth-order valence-corrected chi connectivity index (χ4v) is 4.19. The van der Waals surface area contributed by atoms with Crippen LogP contribution in [0, 0.1) is 13.8 Å². The molecule has 2 rings (SSSR count). The van der Waals surface area contributed by atoms with Gasteiger partial charge in [-0.2, -0.15) is 12.6 Å². The number of aryl methyl sites for hydroxylation is 2. The summed E-state index contributed by atoms with van der Waals surface area (Å²) in [5.41, 5.74) is 3.10. The molecule has 0 bridgehead atoms. The van der Waals surface area contributed by atoms with E-state index >= 15 is 0 Å². The molecule has 0 saturated heterocycles. The van der Waals surface area contributed by atoms with Gasteiger partial charge in [0.25, 0.3) is 0 Å². The van der Waals surface area contributed by atoms with Crippen molar-refractivity contribution in [1.29, 1.82) is 0 Å². The first-order valence-electron chi connectivity index (χ1n) is 7.97. The number of ether oxygens (including phenoxy) is 2. The smallest absolute Gasteiger partial charge is 0.143 e. The number of hydrogen-bond acceptors (Lipinski definition) is 8. The van der Waals surface area contributed by atoms with E-state index < -0.39 is 4.08 Å². The molecule has 26 heavy (non-hydrogen) atoms. The van der Waals surface area contributed by atoms with Crippen LogP contribution in [0.15, 0.2) is 17.3 Å². The monoisotopic (exact) mass is 396 g/mol. The molecule has 0 aliphatic carbocycles. The van der Waals surface area contributed by atoms with Crippen LogP contribution in [0.1, 0.15) is 35.0 Å². The minimum Gasteiger partial charge on any atom is -0.506 e. The van der Waals surface area contributed by atoms with E-state index in [2.05, 4.69) is 9.97 Å². The summed E-state index contributed by atoms with van der Waals surface area (Å²) in [6, 6.07) is 0. The molecular weight excluding hydrogens is 372 g/mol. The van der Waals surface area contributed by atoms with Crippen LogP contribution in [0.25, 0.3) is 0 Å². The Morgan fingerprint density at radius 1 is 1.00 bits per heavy atom. The minimum atomic E-state index is -0.752. The topological polar surface area (TPSA) is 84.7 Å². The van der Waals surface area contributed by atoms with Crippen LogP contribution in [-0.2, 0) is 26.8 Å². The normalized spacial score (nSPS) is 13.6. The summed E-state index contributed by atoms with van der Waals surface area (Å²) in [4.78, 5) is 9.25. The first kappa shape index (κ1) is 20.8. The van der Waals surface area contributed by atoms with Crippen LogP contribution in [0.2, 0.25) is 0 Å². The van der Waals surface area contributed by atoms with E-state index in [1.54, 1.807) is 40.5 Å². The minimum absolute atomic E-state index is 0.104. The lowest BCUT2D eigenvalue weighted by Crippen LogP contribution is -2.15. The zero-order chi connectivity index (χ0) is 19.5. The van der Waals surface area contributed by atoms with E-state index in [0.717, 1.165) is 10.5 Å². The van der Waals surface area contributed by atoms with Gasteiger partial charge in [0.15, 0.2) is 0 Å². The van der Waals surface area contributed by atoms with Gasteiger partial charge in [-0.3, -0.25) is 9.97 Å². The summed E-state index contributed by atoms with van der Waals surface area (Å²) >= 11 is 6.21. The third-order valence-electron chi connectivity index (χ3n) is 4.03. The van der Waals surface area contributed by atoms with Crippen LogP contribution >= 0.6 is 24.4 Å². The fraction of sp³-hybridized carbons (Fsp3) is 0.444. The Morgan fingerprint density at radius 2 is 1.50 bits per heavy atom. The second kappa shape index (κ2) is 8.47.